The van der Waals surface area contributed by atoms with Gasteiger partial charge in [0, 0.05) is 53.7 Å². The number of carboxylic acids is 1. The maximum absolute atomic E-state index is 14.4. The maximum Gasteiger partial charge on any atom is 0.326 e. The third-order valence-corrected chi connectivity index (χ3v) is 11.0. The molecular formula is C43H43Cl2N5O11S. The largest absolute Gasteiger partial charge is 0.480 e. The lowest BCUT2D eigenvalue weighted by atomic mass is 10.0. The fourth-order valence-corrected chi connectivity index (χ4v) is 7.73. The van der Waals surface area contributed by atoms with Crippen LogP contribution in [0.25, 0.3) is 0 Å². The first-order valence-corrected chi connectivity index (χ1v) is 20.9. The molecule has 3 heterocycles. The molecule has 0 saturated heterocycles. The molecule has 0 aliphatic carbocycles. The smallest absolute Gasteiger partial charge is 0.326 e. The van der Waals surface area contributed by atoms with Gasteiger partial charge in [0.15, 0.2) is 0 Å². The number of benzene rings is 3. The second-order valence-electron chi connectivity index (χ2n) is 14.3. The van der Waals surface area contributed by atoms with E-state index < -0.39 is 83.8 Å². The number of ether oxygens (including phenoxy) is 2. The van der Waals surface area contributed by atoms with Gasteiger partial charge < -0.3 is 41.2 Å². The van der Waals surface area contributed by atoms with Crippen molar-refractivity contribution in [3.8, 4) is 0 Å². The van der Waals surface area contributed by atoms with E-state index in [1.54, 1.807) is 35.7 Å². The summed E-state index contributed by atoms with van der Waals surface area (Å²) in [7, 11) is 0. The zero-order valence-corrected chi connectivity index (χ0v) is 35.7. The molecule has 6 atom stereocenters. The highest BCUT2D eigenvalue weighted by atomic mass is 35.5. The Kier molecular flexibility index (Phi) is 16.6. The quantitative estimate of drug-likeness (QED) is 0.0995. The minimum absolute atomic E-state index is 0.0167. The standard InChI is InChI=1S/C43H43Cl2N5O11S/c1-23(51)60-36-37(61-24(2)52)42(57)49-34(22-30-9-6-18-62-30)40(55)48-33(20-27-13-14-28(44)21-31(27)45)39(54)47-32(17-12-25-7-4-3-5-8-25)38(53)50-35(43(58)59)19-26-10-15-29(16-11-26)46-41(36)56/h3-11,13-16,18,21,32-37H,12,17,19-20,22H2,1-2H3,(H,46,56)(H,47,54)(H,48,55)(H,49,57)(H,50,53)(H,58,59)/t32-,33+,34-,35-,36-,37-/m1/s1. The van der Waals surface area contributed by atoms with E-state index in [0.717, 1.165) is 19.4 Å². The monoisotopic (exact) mass is 907 g/mol. The van der Waals surface area contributed by atoms with Gasteiger partial charge in [-0.1, -0.05) is 77.8 Å². The van der Waals surface area contributed by atoms with Crippen molar-refractivity contribution in [2.24, 2.45) is 0 Å². The Labute approximate surface area is 370 Å². The molecular weight excluding hydrogens is 865 g/mol. The third-order valence-electron chi connectivity index (χ3n) is 9.54. The minimum Gasteiger partial charge on any atom is -0.480 e. The molecule has 19 heteroatoms. The predicted molar refractivity (Wildman–Crippen MR) is 228 cm³/mol. The van der Waals surface area contributed by atoms with E-state index in [9.17, 15) is 43.5 Å². The van der Waals surface area contributed by atoms with Crippen LogP contribution >= 0.6 is 34.5 Å². The molecule has 4 aromatic rings. The summed E-state index contributed by atoms with van der Waals surface area (Å²) in [6.45, 7) is 1.94. The zero-order chi connectivity index (χ0) is 44.9. The number of carboxylic acid groups (broad SMARTS) is 1. The summed E-state index contributed by atoms with van der Waals surface area (Å²) in [6, 6.07) is 16.9. The summed E-state index contributed by atoms with van der Waals surface area (Å²) in [5.41, 5.74) is 1.73. The first-order valence-electron chi connectivity index (χ1n) is 19.2. The van der Waals surface area contributed by atoms with E-state index in [2.05, 4.69) is 26.6 Å². The van der Waals surface area contributed by atoms with E-state index in [1.807, 2.05) is 18.2 Å². The van der Waals surface area contributed by atoms with Gasteiger partial charge in [0.05, 0.1) is 0 Å². The van der Waals surface area contributed by atoms with Crippen LogP contribution in [0.15, 0.2) is 90.3 Å². The number of aryl methyl sites for hydroxylation is 1. The van der Waals surface area contributed by atoms with E-state index in [-0.39, 0.29) is 42.8 Å². The fraction of sp³-hybridized carbons (Fsp3) is 0.302. The summed E-state index contributed by atoms with van der Waals surface area (Å²) >= 11 is 13.9. The van der Waals surface area contributed by atoms with Gasteiger partial charge in [0.2, 0.25) is 29.9 Å². The number of thiophene rings is 1. The number of nitrogens with one attached hydrogen (secondary N) is 5. The second-order valence-corrected chi connectivity index (χ2v) is 16.2. The Morgan fingerprint density at radius 3 is 1.89 bits per heavy atom. The Bertz CT molecular complexity index is 2280. The first kappa shape index (κ1) is 46.8. The minimum atomic E-state index is -2.12. The number of carbonyl (C=O) groups excluding carboxylic acids is 7. The summed E-state index contributed by atoms with van der Waals surface area (Å²) in [4.78, 5) is 109. The molecule has 2 aliphatic heterocycles. The van der Waals surface area contributed by atoms with Crippen molar-refractivity contribution < 1.29 is 52.9 Å². The van der Waals surface area contributed by atoms with Gasteiger partial charge in [-0.15, -0.1) is 11.3 Å². The van der Waals surface area contributed by atoms with Crippen LogP contribution in [-0.4, -0.2) is 88.9 Å². The van der Waals surface area contributed by atoms with Crippen LogP contribution in [0.5, 0.6) is 0 Å². The van der Waals surface area contributed by atoms with E-state index in [1.165, 1.54) is 47.7 Å². The average Bonchev–Trinajstić information content (AvgIpc) is 3.74. The highest BCUT2D eigenvalue weighted by Gasteiger charge is 2.41. The van der Waals surface area contributed by atoms with Crippen LogP contribution in [0.1, 0.15) is 41.8 Å². The molecule has 2 aliphatic rings. The normalized spacial score (nSPS) is 21.5. The first-order chi connectivity index (χ1) is 29.6. The molecule has 3 aromatic carbocycles. The van der Waals surface area contributed by atoms with Crippen LogP contribution < -0.4 is 26.6 Å². The molecule has 16 nitrogen and oxygen atoms in total. The maximum atomic E-state index is 14.4. The van der Waals surface area contributed by atoms with Crippen LogP contribution in [0.2, 0.25) is 10.0 Å². The lowest BCUT2D eigenvalue weighted by Crippen LogP contribution is -2.60. The van der Waals surface area contributed by atoms with Crippen molar-refractivity contribution >= 4 is 87.7 Å². The number of fused-ring (bicyclic) bond motifs is 18. The second kappa shape index (κ2) is 22.0. The summed E-state index contributed by atoms with van der Waals surface area (Å²) < 4.78 is 10.5. The van der Waals surface area contributed by atoms with Crippen LogP contribution in [0.4, 0.5) is 5.69 Å². The van der Waals surface area contributed by atoms with E-state index >= 15 is 0 Å². The molecule has 5 amide bonds. The molecule has 326 valence electrons. The third kappa shape index (κ3) is 13.6. The van der Waals surface area contributed by atoms with Crippen LogP contribution in [-0.2, 0) is 73.5 Å². The van der Waals surface area contributed by atoms with Crippen molar-refractivity contribution in [2.45, 2.75) is 82.3 Å². The highest BCUT2D eigenvalue weighted by Crippen LogP contribution is 2.23. The molecule has 62 heavy (non-hydrogen) atoms. The number of aliphatic carboxylic acids is 1. The van der Waals surface area contributed by atoms with Crippen molar-refractivity contribution in [1.82, 2.24) is 21.3 Å². The number of esters is 2. The molecule has 0 fully saturated rings. The highest BCUT2D eigenvalue weighted by molar-refractivity contribution is 7.09. The molecule has 6 rings (SSSR count). The number of anilines is 1. The van der Waals surface area contributed by atoms with E-state index in [0.29, 0.717) is 21.0 Å². The summed E-state index contributed by atoms with van der Waals surface area (Å²) in [6.07, 6.45) is -4.51. The van der Waals surface area contributed by atoms with Gasteiger partial charge in [-0.05, 0) is 65.2 Å². The van der Waals surface area contributed by atoms with Gasteiger partial charge in [-0.2, -0.15) is 0 Å². The Morgan fingerprint density at radius 1 is 0.694 bits per heavy atom. The number of halogens is 2. The fourth-order valence-electron chi connectivity index (χ4n) is 6.49. The Balaban J connectivity index is 1.60. The molecule has 1 aromatic heterocycles. The van der Waals surface area contributed by atoms with Gasteiger partial charge >= 0.3 is 17.9 Å². The van der Waals surface area contributed by atoms with E-state index in [4.69, 9.17) is 32.7 Å². The number of hydrogen-bond donors (Lipinski definition) is 6. The topological polar surface area (TPSA) is 235 Å². The number of amides is 5. The van der Waals surface area contributed by atoms with Gasteiger partial charge in [-0.3, -0.25) is 33.6 Å². The van der Waals surface area contributed by atoms with Crippen LogP contribution in [0, 0.1) is 0 Å². The van der Waals surface area contributed by atoms with Gasteiger partial charge in [0.1, 0.15) is 24.2 Å². The lowest BCUT2D eigenvalue weighted by molar-refractivity contribution is -0.173. The Morgan fingerprint density at radius 2 is 1.29 bits per heavy atom. The molecule has 2 bridgehead atoms. The number of carbonyl (C=O) groups is 8. The summed E-state index contributed by atoms with van der Waals surface area (Å²) in [5.74, 6) is -8.31. The number of hydrogen-bond acceptors (Lipinski definition) is 11. The van der Waals surface area contributed by atoms with Gasteiger partial charge in [0.25, 0.3) is 11.8 Å². The predicted octanol–water partition coefficient (Wildman–Crippen LogP) is 3.55. The molecule has 6 N–H and O–H groups in total. The van der Waals surface area contributed by atoms with Crippen molar-refractivity contribution in [2.75, 3.05) is 5.32 Å². The zero-order valence-electron chi connectivity index (χ0n) is 33.4. The number of rotatable bonds is 10. The van der Waals surface area contributed by atoms with Crippen molar-refractivity contribution in [3.63, 3.8) is 0 Å². The Hall–Kier alpha value is -6.30. The van der Waals surface area contributed by atoms with Crippen molar-refractivity contribution in [1.29, 1.82) is 0 Å². The van der Waals surface area contributed by atoms with Crippen molar-refractivity contribution in [3.05, 3.63) is 122 Å². The molecule has 0 radical (unpaired) electrons. The SMILES string of the molecule is CC(=O)O[C@H]1C(=O)Nc2ccc(cc2)C[C@H](C(=O)O)NC(=O)[C@@H](CCc2ccccc2)NC(=O)[C@H](Cc2ccc(Cl)cc2Cl)NC(=O)[C@@H](Cc2cccs2)NC(=O)[C@@H]1OC(C)=O. The molecule has 0 saturated carbocycles. The van der Waals surface area contributed by atoms with Gasteiger partial charge in [-0.25, -0.2) is 4.79 Å². The van der Waals surface area contributed by atoms with Crippen LogP contribution in [0.3, 0.4) is 0 Å². The lowest BCUT2D eigenvalue weighted by Gasteiger charge is -2.28. The molecule has 0 unspecified atom stereocenters. The molecule has 0 spiro atoms. The average molecular weight is 909 g/mol. The summed E-state index contributed by atoms with van der Waals surface area (Å²) in [5, 5.41) is 25.3.